The average Bonchev–Trinajstić information content (AvgIpc) is 3.10. The zero-order valence-corrected chi connectivity index (χ0v) is 14.5. The van der Waals surface area contributed by atoms with Gasteiger partial charge in [0.15, 0.2) is 0 Å². The first kappa shape index (κ1) is 17.3. The largest absolute Gasteiger partial charge is 0.322 e. The van der Waals surface area contributed by atoms with E-state index in [1.807, 2.05) is 31.2 Å². The van der Waals surface area contributed by atoms with Gasteiger partial charge in [0.1, 0.15) is 12.0 Å². The van der Waals surface area contributed by atoms with Crippen LogP contribution in [0, 0.1) is 24.0 Å². The Morgan fingerprint density at radius 2 is 2.08 bits per heavy atom. The topological polar surface area (TPSA) is 121 Å². The molecule has 2 heterocycles. The van der Waals surface area contributed by atoms with E-state index in [1.54, 1.807) is 4.68 Å². The van der Waals surface area contributed by atoms with Gasteiger partial charge in [0.2, 0.25) is 11.6 Å². The minimum Gasteiger partial charge on any atom is -0.288 e. The number of carbonyl (C=O) groups is 1. The number of nitrogens with one attached hydrogen (secondary N) is 1. The smallest absolute Gasteiger partial charge is 0.288 e. The molecule has 134 valence electrons. The van der Waals surface area contributed by atoms with E-state index >= 15 is 0 Å². The molecule has 0 bridgehead atoms. The van der Waals surface area contributed by atoms with E-state index in [1.165, 1.54) is 25.0 Å². The molecular formula is C16H17N7O3. The maximum Gasteiger partial charge on any atom is 0.322 e. The lowest BCUT2D eigenvalue weighted by Gasteiger charge is -2.03. The number of aryl methyl sites for hydroxylation is 3. The van der Waals surface area contributed by atoms with E-state index < -0.39 is 10.8 Å². The number of hydrogen-bond acceptors (Lipinski definition) is 6. The fourth-order valence-electron chi connectivity index (χ4n) is 2.71. The van der Waals surface area contributed by atoms with Crippen LogP contribution in [0.25, 0.3) is 0 Å². The van der Waals surface area contributed by atoms with Crippen LogP contribution < -0.4 is 5.32 Å². The van der Waals surface area contributed by atoms with E-state index in [0.29, 0.717) is 6.54 Å². The summed E-state index contributed by atoms with van der Waals surface area (Å²) in [5, 5.41) is 21.8. The van der Waals surface area contributed by atoms with E-state index in [0.717, 1.165) is 11.1 Å². The van der Waals surface area contributed by atoms with Gasteiger partial charge >= 0.3 is 5.69 Å². The monoisotopic (exact) mass is 355 g/mol. The van der Waals surface area contributed by atoms with Crippen molar-refractivity contribution < 1.29 is 9.72 Å². The summed E-state index contributed by atoms with van der Waals surface area (Å²) in [7, 11) is 1.47. The third-order valence-corrected chi connectivity index (χ3v) is 3.78. The van der Waals surface area contributed by atoms with E-state index in [-0.39, 0.29) is 23.0 Å². The quantitative estimate of drug-likeness (QED) is 0.550. The molecule has 0 aliphatic rings. The molecule has 1 amide bonds. The molecule has 0 spiro atoms. The van der Waals surface area contributed by atoms with Gasteiger partial charge in [0, 0.05) is 7.05 Å². The third-order valence-electron chi connectivity index (χ3n) is 3.78. The van der Waals surface area contributed by atoms with Gasteiger partial charge in [-0.3, -0.25) is 24.9 Å². The van der Waals surface area contributed by atoms with Gasteiger partial charge in [0.05, 0.1) is 11.5 Å². The molecule has 0 radical (unpaired) electrons. The van der Waals surface area contributed by atoms with Gasteiger partial charge in [-0.25, -0.2) is 9.67 Å². The molecule has 3 rings (SSSR count). The number of amides is 1. The summed E-state index contributed by atoms with van der Waals surface area (Å²) in [6.07, 6.45) is 1.49. The SMILES string of the molecule is Cc1cccc(Cn2cnc(NC(=O)c3c([N+](=O)[O-])c(C)nn3C)n2)c1. The molecule has 10 nitrogen and oxygen atoms in total. The molecule has 0 aliphatic carbocycles. The van der Waals surface area contributed by atoms with Crippen molar-refractivity contribution >= 4 is 17.5 Å². The Hall–Kier alpha value is -3.56. The Kier molecular flexibility index (Phi) is 4.48. The van der Waals surface area contributed by atoms with Crippen LogP contribution in [0.3, 0.4) is 0 Å². The Bertz CT molecular complexity index is 990. The minimum absolute atomic E-state index is 0.0656. The second-order valence-corrected chi connectivity index (χ2v) is 5.87. The molecule has 1 N–H and O–H groups in total. The van der Waals surface area contributed by atoms with Gasteiger partial charge in [-0.1, -0.05) is 29.8 Å². The van der Waals surface area contributed by atoms with Gasteiger partial charge in [-0.15, -0.1) is 5.10 Å². The van der Waals surface area contributed by atoms with Gasteiger partial charge in [-0.05, 0) is 19.4 Å². The summed E-state index contributed by atoms with van der Waals surface area (Å²) in [5.74, 6) is -0.621. The predicted molar refractivity (Wildman–Crippen MR) is 92.9 cm³/mol. The highest BCUT2D eigenvalue weighted by Crippen LogP contribution is 2.22. The predicted octanol–water partition coefficient (Wildman–Crippen LogP) is 1.84. The number of rotatable bonds is 5. The third kappa shape index (κ3) is 3.43. The summed E-state index contributed by atoms with van der Waals surface area (Å²) in [6.45, 7) is 3.97. The highest BCUT2D eigenvalue weighted by atomic mass is 16.6. The van der Waals surface area contributed by atoms with Crippen LogP contribution in [-0.2, 0) is 13.6 Å². The van der Waals surface area contributed by atoms with Crippen LogP contribution in [0.2, 0.25) is 0 Å². The van der Waals surface area contributed by atoms with Crippen LogP contribution in [-0.4, -0.2) is 35.4 Å². The van der Waals surface area contributed by atoms with Crippen LogP contribution in [0.15, 0.2) is 30.6 Å². The van der Waals surface area contributed by atoms with Crippen LogP contribution >= 0.6 is 0 Å². The molecule has 0 fully saturated rings. The first-order valence-electron chi connectivity index (χ1n) is 7.79. The fraction of sp³-hybridized carbons (Fsp3) is 0.250. The molecule has 0 atom stereocenters. The van der Waals surface area contributed by atoms with Crippen molar-refractivity contribution in [2.24, 2.45) is 7.05 Å². The van der Waals surface area contributed by atoms with Crippen molar-refractivity contribution in [2.45, 2.75) is 20.4 Å². The number of hydrogen-bond donors (Lipinski definition) is 1. The van der Waals surface area contributed by atoms with Crippen molar-refractivity contribution in [3.05, 3.63) is 63.2 Å². The van der Waals surface area contributed by atoms with Crippen LogP contribution in [0.4, 0.5) is 11.6 Å². The van der Waals surface area contributed by atoms with Crippen molar-refractivity contribution in [2.75, 3.05) is 5.32 Å². The maximum absolute atomic E-state index is 12.4. The molecule has 10 heteroatoms. The zero-order valence-electron chi connectivity index (χ0n) is 14.5. The molecule has 0 saturated carbocycles. The number of carbonyl (C=O) groups excluding carboxylic acids is 1. The number of benzene rings is 1. The summed E-state index contributed by atoms with van der Waals surface area (Å²) in [5.41, 5.74) is 1.87. The Morgan fingerprint density at radius 3 is 2.77 bits per heavy atom. The molecule has 1 aromatic carbocycles. The molecule has 0 aliphatic heterocycles. The van der Waals surface area contributed by atoms with Gasteiger partial charge in [-0.2, -0.15) is 5.10 Å². The Labute approximate surface area is 148 Å². The second kappa shape index (κ2) is 6.75. The number of nitrogens with zero attached hydrogens (tertiary/aromatic N) is 6. The lowest BCUT2D eigenvalue weighted by molar-refractivity contribution is -0.385. The molecule has 0 unspecified atom stereocenters. The maximum atomic E-state index is 12.4. The van der Waals surface area contributed by atoms with Crippen LogP contribution in [0.1, 0.15) is 27.3 Å². The molecule has 3 aromatic rings. The van der Waals surface area contributed by atoms with E-state index in [2.05, 4.69) is 20.5 Å². The van der Waals surface area contributed by atoms with Crippen molar-refractivity contribution in [3.8, 4) is 0 Å². The minimum atomic E-state index is -0.687. The summed E-state index contributed by atoms with van der Waals surface area (Å²) in [6, 6.07) is 7.95. The highest BCUT2D eigenvalue weighted by molar-refractivity contribution is 6.05. The second-order valence-electron chi connectivity index (χ2n) is 5.87. The van der Waals surface area contributed by atoms with Crippen molar-refractivity contribution in [1.29, 1.82) is 0 Å². The zero-order chi connectivity index (χ0) is 18.8. The summed E-state index contributed by atoms with van der Waals surface area (Å²) >= 11 is 0. The number of anilines is 1. The molecule has 0 saturated heterocycles. The molecule has 2 aromatic heterocycles. The Balaban J connectivity index is 1.77. The van der Waals surface area contributed by atoms with Crippen LogP contribution in [0.5, 0.6) is 0 Å². The van der Waals surface area contributed by atoms with Crippen molar-refractivity contribution in [1.82, 2.24) is 24.5 Å². The lowest BCUT2D eigenvalue weighted by atomic mass is 10.1. The van der Waals surface area contributed by atoms with E-state index in [4.69, 9.17) is 0 Å². The highest BCUT2D eigenvalue weighted by Gasteiger charge is 2.29. The summed E-state index contributed by atoms with van der Waals surface area (Å²) in [4.78, 5) is 27.0. The van der Waals surface area contributed by atoms with Gasteiger partial charge < -0.3 is 0 Å². The normalized spacial score (nSPS) is 10.7. The number of nitro groups is 1. The Morgan fingerprint density at radius 1 is 1.31 bits per heavy atom. The molecular weight excluding hydrogens is 338 g/mol. The molecule has 26 heavy (non-hydrogen) atoms. The van der Waals surface area contributed by atoms with E-state index in [9.17, 15) is 14.9 Å². The first-order valence-corrected chi connectivity index (χ1v) is 7.79. The number of aromatic nitrogens is 5. The standard InChI is InChI=1S/C16H17N7O3/c1-10-5-4-6-12(7-10)8-22-9-17-16(20-22)18-15(24)14-13(23(25)26)11(2)19-21(14)3/h4-7,9H,8H2,1-3H3,(H,18,20,24). The first-order chi connectivity index (χ1) is 12.3. The summed E-state index contributed by atoms with van der Waals surface area (Å²) < 4.78 is 2.75. The average molecular weight is 355 g/mol. The van der Waals surface area contributed by atoms with Gasteiger partial charge in [0.25, 0.3) is 5.91 Å². The fourth-order valence-corrected chi connectivity index (χ4v) is 2.71. The lowest BCUT2D eigenvalue weighted by Crippen LogP contribution is -2.18. The van der Waals surface area contributed by atoms with Crippen molar-refractivity contribution in [3.63, 3.8) is 0 Å².